The first-order chi connectivity index (χ1) is 11.3. The zero-order valence-corrected chi connectivity index (χ0v) is 15.4. The molecule has 144 valence electrons. The summed E-state index contributed by atoms with van der Waals surface area (Å²) in [6, 6.07) is 0. The van der Waals surface area contributed by atoms with Gasteiger partial charge in [-0.05, 0) is 26.2 Å². The van der Waals surface area contributed by atoms with E-state index in [1.807, 2.05) is 6.92 Å². The van der Waals surface area contributed by atoms with Crippen molar-refractivity contribution in [3.05, 3.63) is 0 Å². The smallest absolute Gasteiger partial charge is 0.415 e. The molecule has 2 saturated carbocycles. The number of alkyl halides is 2. The second kappa shape index (κ2) is 5.26. The molecule has 3 aliphatic rings. The van der Waals surface area contributed by atoms with Crippen molar-refractivity contribution in [3.63, 3.8) is 0 Å². The zero-order valence-electron chi connectivity index (χ0n) is 13.8. The standard InChI is InChI=1S/C13H18F2O8S2/c1-6-8-7-5-10(6,2)12(4,11(8,3)21-25(7,18)19)20-9(16)13(14,15)24-23-22-17/h6-8,17H,5H2,1-4H3. The summed E-state index contributed by atoms with van der Waals surface area (Å²) in [7, 11) is -3.88. The van der Waals surface area contributed by atoms with Crippen molar-refractivity contribution in [2.75, 3.05) is 0 Å². The fourth-order valence-corrected chi connectivity index (χ4v) is 7.58. The maximum absolute atomic E-state index is 13.8. The van der Waals surface area contributed by atoms with E-state index in [4.69, 9.17) is 14.2 Å². The quantitative estimate of drug-likeness (QED) is 0.242. The van der Waals surface area contributed by atoms with Crippen LogP contribution >= 0.6 is 12.0 Å². The second-order valence-electron chi connectivity index (χ2n) is 7.32. The van der Waals surface area contributed by atoms with Crippen LogP contribution in [0.15, 0.2) is 0 Å². The highest BCUT2D eigenvalue weighted by Gasteiger charge is 2.84. The third-order valence-corrected chi connectivity index (χ3v) is 8.89. The molecule has 12 heteroatoms. The van der Waals surface area contributed by atoms with E-state index in [1.165, 1.54) is 13.8 Å². The summed E-state index contributed by atoms with van der Waals surface area (Å²) in [6.45, 7) is 6.42. The number of esters is 1. The lowest BCUT2D eigenvalue weighted by Crippen LogP contribution is -2.61. The van der Waals surface area contributed by atoms with Gasteiger partial charge >= 0.3 is 11.2 Å². The predicted octanol–water partition coefficient (Wildman–Crippen LogP) is 2.11. The minimum atomic E-state index is -4.18. The molecule has 2 aliphatic carbocycles. The van der Waals surface area contributed by atoms with Crippen molar-refractivity contribution in [3.8, 4) is 0 Å². The second-order valence-corrected chi connectivity index (χ2v) is 9.90. The SMILES string of the molecule is CC1C2C3CC1(C)C(C)(OC(=O)C(F)(F)SOOO)C2(C)OS3(=O)=O. The van der Waals surface area contributed by atoms with Gasteiger partial charge in [-0.1, -0.05) is 18.9 Å². The molecule has 1 N–H and O–H groups in total. The number of fused-ring (bicyclic) bond motifs is 1. The fraction of sp³-hybridized carbons (Fsp3) is 0.923. The molecule has 0 radical (unpaired) electrons. The molecule has 8 nitrogen and oxygen atoms in total. The van der Waals surface area contributed by atoms with Gasteiger partial charge in [0.05, 0.1) is 5.25 Å². The van der Waals surface area contributed by atoms with Gasteiger partial charge < -0.3 is 4.74 Å². The van der Waals surface area contributed by atoms with Crippen LogP contribution in [0.1, 0.15) is 34.1 Å². The van der Waals surface area contributed by atoms with Crippen molar-refractivity contribution in [1.29, 1.82) is 0 Å². The summed E-state index contributed by atoms with van der Waals surface area (Å²) in [4.78, 5) is 12.0. The molecule has 0 amide bonds. The van der Waals surface area contributed by atoms with E-state index in [9.17, 15) is 22.0 Å². The molecule has 0 aromatic rings. The summed E-state index contributed by atoms with van der Waals surface area (Å²) in [5, 5.41) is 6.13. The topological polar surface area (TPSA) is 108 Å². The van der Waals surface area contributed by atoms with Crippen LogP contribution in [0.4, 0.5) is 8.78 Å². The molecule has 1 saturated heterocycles. The van der Waals surface area contributed by atoms with Crippen molar-refractivity contribution in [1.82, 2.24) is 0 Å². The van der Waals surface area contributed by atoms with Crippen LogP contribution in [-0.2, 0) is 33.2 Å². The molecule has 2 bridgehead atoms. The Kier molecular flexibility index (Phi) is 4.05. The lowest BCUT2D eigenvalue weighted by Gasteiger charge is -2.48. The Morgan fingerprint density at radius 2 is 1.96 bits per heavy atom. The van der Waals surface area contributed by atoms with E-state index in [2.05, 4.69) is 9.37 Å². The minimum Gasteiger partial charge on any atom is -0.450 e. The van der Waals surface area contributed by atoms with Crippen molar-refractivity contribution in [2.45, 2.75) is 55.8 Å². The number of carbonyl (C=O) groups excluding carboxylic acids is 1. The number of halogens is 2. The lowest BCUT2D eigenvalue weighted by molar-refractivity contribution is -0.433. The molecule has 25 heavy (non-hydrogen) atoms. The molecule has 6 unspecified atom stereocenters. The molecule has 0 aromatic heterocycles. The number of rotatable bonds is 5. The van der Waals surface area contributed by atoms with Crippen molar-refractivity contribution in [2.24, 2.45) is 17.3 Å². The maximum atomic E-state index is 13.8. The number of ether oxygens (including phenoxy) is 1. The van der Waals surface area contributed by atoms with Crippen LogP contribution in [0.2, 0.25) is 0 Å². The molecule has 1 aliphatic heterocycles. The van der Waals surface area contributed by atoms with Gasteiger partial charge in [-0.25, -0.2) is 10.1 Å². The predicted molar refractivity (Wildman–Crippen MR) is 79.4 cm³/mol. The Morgan fingerprint density at radius 1 is 1.36 bits per heavy atom. The average Bonchev–Trinajstić information content (AvgIpc) is 2.91. The van der Waals surface area contributed by atoms with Crippen LogP contribution in [0.25, 0.3) is 0 Å². The summed E-state index contributed by atoms with van der Waals surface area (Å²) < 4.78 is 66.4. The van der Waals surface area contributed by atoms with Gasteiger partial charge in [0.15, 0.2) is 0 Å². The van der Waals surface area contributed by atoms with Crippen LogP contribution in [-0.4, -0.2) is 41.4 Å². The Labute approximate surface area is 147 Å². The lowest BCUT2D eigenvalue weighted by atomic mass is 9.65. The van der Waals surface area contributed by atoms with Crippen LogP contribution in [0.3, 0.4) is 0 Å². The zero-order chi connectivity index (χ0) is 19.1. The van der Waals surface area contributed by atoms with Gasteiger partial charge in [0.2, 0.25) is 0 Å². The fourth-order valence-electron chi connectivity index (χ4n) is 5.07. The third-order valence-electron chi connectivity index (χ3n) is 6.61. The van der Waals surface area contributed by atoms with E-state index >= 15 is 0 Å². The summed E-state index contributed by atoms with van der Waals surface area (Å²) in [6.07, 6.45) is 0.148. The van der Waals surface area contributed by atoms with Crippen LogP contribution in [0, 0.1) is 17.3 Å². The van der Waals surface area contributed by atoms with Gasteiger partial charge in [-0.15, -0.1) is 4.33 Å². The van der Waals surface area contributed by atoms with Gasteiger partial charge in [-0.3, -0.25) is 4.18 Å². The Hall–Kier alpha value is -0.530. The molecular weight excluding hydrogens is 386 g/mol. The van der Waals surface area contributed by atoms with Crippen LogP contribution < -0.4 is 0 Å². The Balaban J connectivity index is 1.98. The van der Waals surface area contributed by atoms with Crippen LogP contribution in [0.5, 0.6) is 0 Å². The average molecular weight is 404 g/mol. The van der Waals surface area contributed by atoms with Gasteiger partial charge in [-0.2, -0.15) is 17.2 Å². The van der Waals surface area contributed by atoms with E-state index in [0.29, 0.717) is 0 Å². The minimum absolute atomic E-state index is 0.148. The van der Waals surface area contributed by atoms with Crippen molar-refractivity contribution < 1.29 is 45.5 Å². The van der Waals surface area contributed by atoms with Crippen molar-refractivity contribution >= 4 is 28.1 Å². The number of carbonyl (C=O) groups is 1. The van der Waals surface area contributed by atoms with Gasteiger partial charge in [0.25, 0.3) is 10.1 Å². The molecule has 3 fully saturated rings. The number of hydrogen-bond donors (Lipinski definition) is 1. The summed E-state index contributed by atoms with van der Waals surface area (Å²) in [5.74, 6) is -2.64. The monoisotopic (exact) mass is 404 g/mol. The van der Waals surface area contributed by atoms with E-state index in [1.54, 1.807) is 6.92 Å². The Morgan fingerprint density at radius 3 is 2.52 bits per heavy atom. The Bertz CT molecular complexity index is 715. The van der Waals surface area contributed by atoms with E-state index in [-0.39, 0.29) is 12.3 Å². The first kappa shape index (κ1) is 19.2. The highest BCUT2D eigenvalue weighted by molar-refractivity contribution is 7.96. The normalized spacial score (nSPS) is 47.2. The molecule has 1 heterocycles. The highest BCUT2D eigenvalue weighted by Crippen LogP contribution is 2.74. The molecule has 0 aromatic carbocycles. The third kappa shape index (κ3) is 2.18. The highest BCUT2D eigenvalue weighted by atomic mass is 32.2. The molecule has 6 atom stereocenters. The first-order valence-corrected chi connectivity index (χ1v) is 9.70. The molecular formula is C13H18F2O8S2. The molecule has 3 rings (SSSR count). The van der Waals surface area contributed by atoms with Gasteiger partial charge in [0, 0.05) is 11.3 Å². The van der Waals surface area contributed by atoms with E-state index < -0.39 is 61.2 Å². The van der Waals surface area contributed by atoms with Gasteiger partial charge in [0.1, 0.15) is 23.2 Å². The largest absolute Gasteiger partial charge is 0.450 e. The maximum Gasteiger partial charge on any atom is 0.415 e. The first-order valence-electron chi connectivity index (χ1n) is 7.48. The summed E-state index contributed by atoms with van der Waals surface area (Å²) in [5.41, 5.74) is -3.93. The van der Waals surface area contributed by atoms with E-state index in [0.717, 1.165) is 0 Å². The number of hydrogen-bond acceptors (Lipinski definition) is 9. The molecule has 0 spiro atoms. The summed E-state index contributed by atoms with van der Waals surface area (Å²) >= 11 is -0.733.